The Labute approximate surface area is 84.1 Å². The van der Waals surface area contributed by atoms with Crippen LogP contribution in [0.5, 0.6) is 0 Å². The fourth-order valence-corrected chi connectivity index (χ4v) is 1.03. The molecule has 1 unspecified atom stereocenters. The summed E-state index contributed by atoms with van der Waals surface area (Å²) in [5.74, 6) is -1.34. The predicted octanol–water partition coefficient (Wildman–Crippen LogP) is 0.758. The number of carboxylic acids is 1. The molecule has 5 nitrogen and oxygen atoms in total. The Bertz CT molecular complexity index is 204. The second-order valence-electron chi connectivity index (χ2n) is 3.40. The summed E-state index contributed by atoms with van der Waals surface area (Å²) >= 11 is 0. The van der Waals surface area contributed by atoms with Crippen molar-refractivity contribution in [1.82, 2.24) is 10.2 Å². The maximum absolute atomic E-state index is 11.1. The van der Waals surface area contributed by atoms with Crippen molar-refractivity contribution < 1.29 is 14.7 Å². The standard InChI is InChI=1S/C9H18N2O3/c1-4-5-7(8(12)13)6-10-9(14)11(2)3/h7H,4-6H2,1-3H3,(H,10,14)(H,12,13). The van der Waals surface area contributed by atoms with E-state index in [1.807, 2.05) is 6.92 Å². The van der Waals surface area contributed by atoms with E-state index in [9.17, 15) is 9.59 Å². The highest BCUT2D eigenvalue weighted by molar-refractivity contribution is 5.75. The number of carbonyl (C=O) groups is 2. The minimum atomic E-state index is -0.856. The van der Waals surface area contributed by atoms with Gasteiger partial charge in [0.1, 0.15) is 0 Å². The Hall–Kier alpha value is -1.26. The molecule has 0 saturated carbocycles. The molecular weight excluding hydrogens is 184 g/mol. The molecule has 0 aliphatic rings. The molecule has 5 heteroatoms. The molecule has 0 aliphatic carbocycles. The molecule has 0 bridgehead atoms. The lowest BCUT2D eigenvalue weighted by molar-refractivity contribution is -0.141. The summed E-state index contributed by atoms with van der Waals surface area (Å²) < 4.78 is 0. The van der Waals surface area contributed by atoms with Crippen LogP contribution in [0.2, 0.25) is 0 Å². The maximum atomic E-state index is 11.1. The van der Waals surface area contributed by atoms with E-state index in [0.29, 0.717) is 6.42 Å². The predicted molar refractivity (Wildman–Crippen MR) is 53.1 cm³/mol. The van der Waals surface area contributed by atoms with Crippen molar-refractivity contribution in [1.29, 1.82) is 0 Å². The quantitative estimate of drug-likeness (QED) is 0.691. The minimum Gasteiger partial charge on any atom is -0.481 e. The van der Waals surface area contributed by atoms with Crippen LogP contribution in [0.4, 0.5) is 4.79 Å². The number of nitrogens with zero attached hydrogens (tertiary/aromatic N) is 1. The van der Waals surface area contributed by atoms with Gasteiger partial charge in [0.15, 0.2) is 0 Å². The first kappa shape index (κ1) is 12.7. The summed E-state index contributed by atoms with van der Waals surface area (Å²) in [7, 11) is 3.23. The van der Waals surface area contributed by atoms with Gasteiger partial charge >= 0.3 is 12.0 Å². The van der Waals surface area contributed by atoms with E-state index in [-0.39, 0.29) is 12.6 Å². The fraction of sp³-hybridized carbons (Fsp3) is 0.778. The van der Waals surface area contributed by atoms with Crippen LogP contribution in [0, 0.1) is 5.92 Å². The van der Waals surface area contributed by atoms with Gasteiger partial charge in [-0.05, 0) is 6.42 Å². The molecule has 0 radical (unpaired) electrons. The SMILES string of the molecule is CCCC(CNC(=O)N(C)C)C(=O)O. The lowest BCUT2D eigenvalue weighted by atomic mass is 10.0. The molecule has 0 fully saturated rings. The van der Waals surface area contributed by atoms with Crippen molar-refractivity contribution in [2.45, 2.75) is 19.8 Å². The van der Waals surface area contributed by atoms with Crippen LogP contribution in [0.25, 0.3) is 0 Å². The second-order valence-corrected chi connectivity index (χ2v) is 3.40. The number of hydrogen-bond acceptors (Lipinski definition) is 2. The average molecular weight is 202 g/mol. The molecule has 0 spiro atoms. The molecule has 0 rings (SSSR count). The number of nitrogens with one attached hydrogen (secondary N) is 1. The Morgan fingerprint density at radius 3 is 2.36 bits per heavy atom. The molecule has 0 aliphatic heterocycles. The summed E-state index contributed by atoms with van der Waals surface area (Å²) in [5, 5.41) is 11.3. The third kappa shape index (κ3) is 4.69. The van der Waals surface area contributed by atoms with Gasteiger partial charge in [-0.3, -0.25) is 4.79 Å². The number of carbonyl (C=O) groups excluding carboxylic acids is 1. The molecule has 82 valence electrons. The highest BCUT2D eigenvalue weighted by atomic mass is 16.4. The molecule has 14 heavy (non-hydrogen) atoms. The van der Waals surface area contributed by atoms with Crippen LogP contribution in [0.1, 0.15) is 19.8 Å². The van der Waals surface area contributed by atoms with E-state index in [2.05, 4.69) is 5.32 Å². The van der Waals surface area contributed by atoms with Gasteiger partial charge in [0.2, 0.25) is 0 Å². The van der Waals surface area contributed by atoms with Gasteiger partial charge in [0.25, 0.3) is 0 Å². The fourth-order valence-electron chi connectivity index (χ4n) is 1.03. The third-order valence-corrected chi connectivity index (χ3v) is 1.89. The van der Waals surface area contributed by atoms with Gasteiger partial charge in [-0.15, -0.1) is 0 Å². The Balaban J connectivity index is 3.93. The van der Waals surface area contributed by atoms with Gasteiger partial charge in [-0.2, -0.15) is 0 Å². The zero-order valence-electron chi connectivity index (χ0n) is 8.91. The summed E-state index contributed by atoms with van der Waals surface area (Å²) in [6, 6.07) is -0.257. The monoisotopic (exact) mass is 202 g/mol. The molecule has 2 amide bonds. The summed E-state index contributed by atoms with van der Waals surface area (Å²) in [6.07, 6.45) is 1.39. The van der Waals surface area contributed by atoms with Crippen molar-refractivity contribution in [2.75, 3.05) is 20.6 Å². The average Bonchev–Trinajstić information content (AvgIpc) is 2.10. The van der Waals surface area contributed by atoms with Gasteiger partial charge in [-0.1, -0.05) is 13.3 Å². The van der Waals surface area contributed by atoms with Crippen LogP contribution >= 0.6 is 0 Å². The molecular formula is C9H18N2O3. The van der Waals surface area contributed by atoms with E-state index in [0.717, 1.165) is 6.42 Å². The molecule has 0 saturated heterocycles. The highest BCUT2D eigenvalue weighted by Gasteiger charge is 2.17. The number of aliphatic carboxylic acids is 1. The van der Waals surface area contributed by atoms with Crippen molar-refractivity contribution in [2.24, 2.45) is 5.92 Å². The van der Waals surface area contributed by atoms with E-state index in [1.165, 1.54) is 4.90 Å². The lowest BCUT2D eigenvalue weighted by Gasteiger charge is -2.15. The first-order chi connectivity index (χ1) is 6.49. The van der Waals surface area contributed by atoms with Gasteiger partial charge < -0.3 is 15.3 Å². The van der Waals surface area contributed by atoms with E-state index < -0.39 is 11.9 Å². The summed E-state index contributed by atoms with van der Waals surface area (Å²) in [5.41, 5.74) is 0. The topological polar surface area (TPSA) is 69.6 Å². The van der Waals surface area contributed by atoms with Crippen LogP contribution in [-0.4, -0.2) is 42.6 Å². The minimum absolute atomic E-state index is 0.195. The molecule has 0 aromatic carbocycles. The molecule has 2 N–H and O–H groups in total. The van der Waals surface area contributed by atoms with E-state index in [4.69, 9.17) is 5.11 Å². The van der Waals surface area contributed by atoms with Crippen molar-refractivity contribution in [3.8, 4) is 0 Å². The van der Waals surface area contributed by atoms with Crippen molar-refractivity contribution >= 4 is 12.0 Å². The van der Waals surface area contributed by atoms with E-state index >= 15 is 0 Å². The molecule has 0 aromatic heterocycles. The van der Waals surface area contributed by atoms with Crippen molar-refractivity contribution in [3.63, 3.8) is 0 Å². The maximum Gasteiger partial charge on any atom is 0.316 e. The van der Waals surface area contributed by atoms with Gasteiger partial charge in [0.05, 0.1) is 5.92 Å². The van der Waals surface area contributed by atoms with E-state index in [1.54, 1.807) is 14.1 Å². The first-order valence-electron chi connectivity index (χ1n) is 4.67. The number of urea groups is 1. The van der Waals surface area contributed by atoms with Crippen LogP contribution in [0.15, 0.2) is 0 Å². The normalized spacial score (nSPS) is 11.9. The summed E-state index contributed by atoms with van der Waals surface area (Å²) in [4.78, 5) is 23.2. The molecule has 0 aromatic rings. The zero-order chi connectivity index (χ0) is 11.1. The number of hydrogen-bond donors (Lipinski definition) is 2. The van der Waals surface area contributed by atoms with Crippen LogP contribution in [0.3, 0.4) is 0 Å². The highest BCUT2D eigenvalue weighted by Crippen LogP contribution is 2.04. The Morgan fingerprint density at radius 1 is 1.43 bits per heavy atom. The van der Waals surface area contributed by atoms with Crippen LogP contribution < -0.4 is 5.32 Å². The van der Waals surface area contributed by atoms with Crippen LogP contribution in [-0.2, 0) is 4.79 Å². The first-order valence-corrected chi connectivity index (χ1v) is 4.67. The number of carboxylic acid groups (broad SMARTS) is 1. The molecule has 0 heterocycles. The second kappa shape index (κ2) is 6.23. The Kier molecular flexibility index (Phi) is 5.67. The Morgan fingerprint density at radius 2 is 2.00 bits per heavy atom. The number of rotatable bonds is 5. The van der Waals surface area contributed by atoms with Gasteiger partial charge in [0, 0.05) is 20.6 Å². The van der Waals surface area contributed by atoms with Crippen molar-refractivity contribution in [3.05, 3.63) is 0 Å². The largest absolute Gasteiger partial charge is 0.481 e. The zero-order valence-corrected chi connectivity index (χ0v) is 8.91. The van der Waals surface area contributed by atoms with Gasteiger partial charge in [-0.25, -0.2) is 4.79 Å². The number of amides is 2. The third-order valence-electron chi connectivity index (χ3n) is 1.89. The summed E-state index contributed by atoms with van der Waals surface area (Å²) in [6.45, 7) is 2.11. The molecule has 1 atom stereocenters. The lowest BCUT2D eigenvalue weighted by Crippen LogP contribution is -2.39. The smallest absolute Gasteiger partial charge is 0.316 e.